The number of piperidine rings is 1. The van der Waals surface area contributed by atoms with Crippen LogP contribution in [0.1, 0.15) is 35.3 Å². The Morgan fingerprint density at radius 2 is 1.76 bits per heavy atom. The number of nitrogens with one attached hydrogen (secondary N) is 1. The molecule has 1 fully saturated rings. The predicted octanol–water partition coefficient (Wildman–Crippen LogP) is 4.09. The van der Waals surface area contributed by atoms with E-state index in [0.717, 1.165) is 24.8 Å². The second-order valence-corrected chi connectivity index (χ2v) is 10.6. The Kier molecular flexibility index (Phi) is 8.42. The highest BCUT2D eigenvalue weighted by Crippen LogP contribution is 2.22. The molecule has 0 radical (unpaired) electrons. The fourth-order valence-electron chi connectivity index (χ4n) is 4.09. The molecule has 1 saturated heterocycles. The van der Waals surface area contributed by atoms with E-state index in [4.69, 9.17) is 9.84 Å². The zero-order valence-electron chi connectivity index (χ0n) is 20.2. The van der Waals surface area contributed by atoms with Crippen LogP contribution in [-0.2, 0) is 21.4 Å². The van der Waals surface area contributed by atoms with E-state index in [1.54, 1.807) is 53.2 Å². The maximum absolute atomic E-state index is 12.9. The summed E-state index contributed by atoms with van der Waals surface area (Å²) in [5.41, 5.74) is 1.79. The van der Waals surface area contributed by atoms with E-state index in [-0.39, 0.29) is 10.8 Å². The molecule has 3 aromatic rings. The molecular formula is C27H29N3O6S. The Hall–Kier alpha value is -3.89. The van der Waals surface area contributed by atoms with Crippen LogP contribution in [-0.4, -0.2) is 54.0 Å². The predicted molar refractivity (Wildman–Crippen MR) is 140 cm³/mol. The van der Waals surface area contributed by atoms with Crippen LogP contribution in [0.3, 0.4) is 0 Å². The Bertz CT molecular complexity index is 1370. The lowest BCUT2D eigenvalue weighted by Crippen LogP contribution is -2.35. The lowest BCUT2D eigenvalue weighted by molar-refractivity contribution is -0.139. The number of carboxylic acid groups (broad SMARTS) is 1. The molecule has 194 valence electrons. The van der Waals surface area contributed by atoms with Gasteiger partial charge in [-0.3, -0.25) is 4.79 Å². The van der Waals surface area contributed by atoms with E-state index in [1.807, 2.05) is 18.2 Å². The fourth-order valence-corrected chi connectivity index (χ4v) is 5.61. The molecule has 1 aliphatic heterocycles. The Balaban J connectivity index is 1.37. The summed E-state index contributed by atoms with van der Waals surface area (Å²) in [4.78, 5) is 23.8. The van der Waals surface area contributed by atoms with Crippen LogP contribution in [0, 0.1) is 0 Å². The van der Waals surface area contributed by atoms with Gasteiger partial charge in [0, 0.05) is 31.5 Å². The van der Waals surface area contributed by atoms with Gasteiger partial charge < -0.3 is 19.7 Å². The Morgan fingerprint density at radius 1 is 1.00 bits per heavy atom. The average Bonchev–Trinajstić information content (AvgIpc) is 3.37. The maximum atomic E-state index is 12.9. The first kappa shape index (κ1) is 26.2. The van der Waals surface area contributed by atoms with Crippen LogP contribution < -0.4 is 10.1 Å². The number of carboxylic acids is 1. The number of carbonyl (C=O) groups excluding carboxylic acids is 1. The van der Waals surface area contributed by atoms with E-state index in [2.05, 4.69) is 5.32 Å². The van der Waals surface area contributed by atoms with Crippen molar-refractivity contribution >= 4 is 33.7 Å². The highest BCUT2D eigenvalue weighted by atomic mass is 32.2. The van der Waals surface area contributed by atoms with Crippen LogP contribution in [0.25, 0.3) is 6.08 Å². The minimum atomic E-state index is -3.53. The number of nitrogens with zero attached hydrogens (tertiary/aromatic N) is 2. The summed E-state index contributed by atoms with van der Waals surface area (Å²) in [6, 6.07) is 16.8. The van der Waals surface area contributed by atoms with Crippen molar-refractivity contribution in [2.75, 3.05) is 25.0 Å². The third-order valence-electron chi connectivity index (χ3n) is 5.96. The summed E-state index contributed by atoms with van der Waals surface area (Å²) in [6.45, 7) is 1.10. The zero-order valence-corrected chi connectivity index (χ0v) is 21.1. The molecule has 2 aromatic carbocycles. The number of allylic oxidation sites excluding steroid dienone is 1. The van der Waals surface area contributed by atoms with Crippen molar-refractivity contribution < 1.29 is 27.9 Å². The minimum Gasteiger partial charge on any atom is -0.482 e. The van der Waals surface area contributed by atoms with Crippen LogP contribution in [0.4, 0.5) is 5.69 Å². The molecule has 0 aliphatic carbocycles. The fraction of sp³-hybridized carbons (Fsp3) is 0.259. The normalized spacial score (nSPS) is 14.5. The molecule has 4 rings (SSSR count). The van der Waals surface area contributed by atoms with Crippen molar-refractivity contribution in [2.24, 2.45) is 0 Å². The summed E-state index contributed by atoms with van der Waals surface area (Å²) in [5.74, 6) is -0.896. The molecule has 37 heavy (non-hydrogen) atoms. The molecule has 0 spiro atoms. The lowest BCUT2D eigenvalue weighted by Gasteiger charge is -2.25. The van der Waals surface area contributed by atoms with Gasteiger partial charge in [0.1, 0.15) is 11.4 Å². The van der Waals surface area contributed by atoms with E-state index >= 15 is 0 Å². The monoisotopic (exact) mass is 523 g/mol. The van der Waals surface area contributed by atoms with Crippen LogP contribution >= 0.6 is 0 Å². The highest BCUT2D eigenvalue weighted by molar-refractivity contribution is 7.89. The zero-order chi connectivity index (χ0) is 26.3. The van der Waals surface area contributed by atoms with E-state index in [0.29, 0.717) is 36.8 Å². The molecule has 1 aliphatic rings. The number of sulfonamides is 1. The van der Waals surface area contributed by atoms with Gasteiger partial charge in [0.2, 0.25) is 10.0 Å². The van der Waals surface area contributed by atoms with Crippen molar-refractivity contribution in [1.82, 2.24) is 8.87 Å². The molecule has 1 amide bonds. The molecular weight excluding hydrogens is 494 g/mol. The number of hydrogen-bond acceptors (Lipinski definition) is 5. The summed E-state index contributed by atoms with van der Waals surface area (Å²) < 4.78 is 34.2. The maximum Gasteiger partial charge on any atom is 0.341 e. The van der Waals surface area contributed by atoms with Crippen molar-refractivity contribution in [1.29, 1.82) is 0 Å². The van der Waals surface area contributed by atoms with Crippen molar-refractivity contribution in [3.63, 3.8) is 0 Å². The molecule has 0 bridgehead atoms. The summed E-state index contributed by atoms with van der Waals surface area (Å²) in [5, 5.41) is 11.6. The number of aromatic nitrogens is 1. The Labute approximate surface area is 216 Å². The van der Waals surface area contributed by atoms with Crippen LogP contribution in [0.2, 0.25) is 0 Å². The molecule has 9 nitrogen and oxygen atoms in total. The van der Waals surface area contributed by atoms with Gasteiger partial charge in [0.25, 0.3) is 5.91 Å². The number of aliphatic carboxylic acids is 1. The van der Waals surface area contributed by atoms with Crippen molar-refractivity contribution in [2.45, 2.75) is 30.7 Å². The van der Waals surface area contributed by atoms with Crippen molar-refractivity contribution in [3.8, 4) is 5.75 Å². The smallest absolute Gasteiger partial charge is 0.341 e. The number of benzene rings is 2. The van der Waals surface area contributed by atoms with Gasteiger partial charge in [-0.1, -0.05) is 30.7 Å². The number of ether oxygens (including phenoxy) is 1. The standard InChI is InChI=1S/C27H29N3O6S/c31-26(32)20-36-23-9-4-7-21(19-23)8-5-15-29-16-6-10-25(29)27(33)28-22-11-13-24(14-12-22)37(34,35)30-17-2-1-3-18-30/h4-14,16,19H,1-3,15,17-18,20H2,(H,28,33)(H,31,32). The molecule has 2 N–H and O–H groups in total. The number of rotatable bonds is 10. The molecule has 10 heteroatoms. The second-order valence-electron chi connectivity index (χ2n) is 8.65. The van der Waals surface area contributed by atoms with Gasteiger partial charge in [-0.25, -0.2) is 13.2 Å². The van der Waals surface area contributed by atoms with Crippen molar-refractivity contribution in [3.05, 3.63) is 84.2 Å². The van der Waals surface area contributed by atoms with Crippen LogP contribution in [0.5, 0.6) is 5.75 Å². The lowest BCUT2D eigenvalue weighted by atomic mass is 10.2. The molecule has 2 heterocycles. The Morgan fingerprint density at radius 3 is 2.49 bits per heavy atom. The largest absolute Gasteiger partial charge is 0.482 e. The van der Waals surface area contributed by atoms with Gasteiger partial charge in [0.05, 0.1) is 4.90 Å². The van der Waals surface area contributed by atoms with E-state index in [9.17, 15) is 18.0 Å². The number of anilines is 1. The van der Waals surface area contributed by atoms with Gasteiger partial charge in [0.15, 0.2) is 6.61 Å². The molecule has 1 aromatic heterocycles. The van der Waals surface area contributed by atoms with E-state index in [1.165, 1.54) is 16.4 Å². The first-order valence-electron chi connectivity index (χ1n) is 12.0. The summed E-state index contributed by atoms with van der Waals surface area (Å²) in [7, 11) is -3.53. The molecule has 0 unspecified atom stereocenters. The van der Waals surface area contributed by atoms with Crippen LogP contribution in [0.15, 0.2) is 77.8 Å². The first-order valence-corrected chi connectivity index (χ1v) is 13.4. The van der Waals surface area contributed by atoms with Gasteiger partial charge in [-0.2, -0.15) is 4.31 Å². The van der Waals surface area contributed by atoms with Gasteiger partial charge in [-0.05, 0) is 66.9 Å². The van der Waals surface area contributed by atoms with Gasteiger partial charge in [-0.15, -0.1) is 0 Å². The topological polar surface area (TPSA) is 118 Å². The first-order chi connectivity index (χ1) is 17.8. The number of amides is 1. The highest BCUT2D eigenvalue weighted by Gasteiger charge is 2.25. The van der Waals surface area contributed by atoms with E-state index < -0.39 is 22.6 Å². The summed E-state index contributed by atoms with van der Waals surface area (Å²) >= 11 is 0. The molecule has 0 saturated carbocycles. The average molecular weight is 524 g/mol. The third kappa shape index (κ3) is 6.87. The third-order valence-corrected chi connectivity index (χ3v) is 7.87. The molecule has 0 atom stereocenters. The minimum absolute atomic E-state index is 0.221. The number of hydrogen-bond donors (Lipinski definition) is 2. The quantitative estimate of drug-likeness (QED) is 0.413. The van der Waals surface area contributed by atoms with Gasteiger partial charge >= 0.3 is 5.97 Å². The SMILES string of the molecule is O=C(O)COc1cccc(C=CCn2cccc2C(=O)Nc2ccc(S(=O)(=O)N3CCCCC3)cc2)c1. The number of carbonyl (C=O) groups is 2. The second kappa shape index (κ2) is 11.9. The summed E-state index contributed by atoms with van der Waals surface area (Å²) in [6.07, 6.45) is 8.32.